The van der Waals surface area contributed by atoms with Crippen LogP contribution in [-0.4, -0.2) is 23.6 Å². The van der Waals surface area contributed by atoms with Gasteiger partial charge in [0.1, 0.15) is 17.6 Å². The zero-order valence-corrected chi connectivity index (χ0v) is 15.6. The van der Waals surface area contributed by atoms with Crippen molar-refractivity contribution < 1.29 is 4.74 Å². The number of H-pyrrole nitrogens is 1. The standard InChI is InChI=1S/C23H20N4O/c1-28-19-9-6-16(7-10-19)21-11-8-17(14-24)23(27-21)25-13-12-18-15-26-22-5-3-2-4-20(18)22/h2-11,15,26H,12-13H2,1H3,(H,25,27). The average molecular weight is 368 g/mol. The summed E-state index contributed by atoms with van der Waals surface area (Å²) in [6.07, 6.45) is 2.88. The van der Waals surface area contributed by atoms with Crippen LogP contribution >= 0.6 is 0 Å². The maximum absolute atomic E-state index is 9.42. The Bertz CT molecular complexity index is 1140. The molecule has 0 aliphatic rings. The van der Waals surface area contributed by atoms with Gasteiger partial charge in [-0.1, -0.05) is 18.2 Å². The van der Waals surface area contributed by atoms with Gasteiger partial charge in [0.05, 0.1) is 18.4 Å². The van der Waals surface area contributed by atoms with E-state index in [1.807, 2.05) is 48.7 Å². The van der Waals surface area contributed by atoms with Crippen molar-refractivity contribution in [2.24, 2.45) is 0 Å². The number of ether oxygens (including phenoxy) is 1. The second-order valence-corrected chi connectivity index (χ2v) is 6.47. The minimum Gasteiger partial charge on any atom is -0.497 e. The van der Waals surface area contributed by atoms with Gasteiger partial charge in [0.15, 0.2) is 0 Å². The Morgan fingerprint density at radius 1 is 1.07 bits per heavy atom. The number of anilines is 1. The van der Waals surface area contributed by atoms with Crippen molar-refractivity contribution in [2.45, 2.75) is 6.42 Å². The summed E-state index contributed by atoms with van der Waals surface area (Å²) in [6, 6.07) is 21.9. The molecular formula is C23H20N4O. The maximum Gasteiger partial charge on any atom is 0.144 e. The van der Waals surface area contributed by atoms with E-state index >= 15 is 0 Å². The van der Waals surface area contributed by atoms with Crippen LogP contribution in [0, 0.1) is 11.3 Å². The number of aromatic nitrogens is 2. The van der Waals surface area contributed by atoms with E-state index in [4.69, 9.17) is 4.74 Å². The largest absolute Gasteiger partial charge is 0.497 e. The third kappa shape index (κ3) is 3.53. The second-order valence-electron chi connectivity index (χ2n) is 6.47. The Morgan fingerprint density at radius 3 is 2.68 bits per heavy atom. The van der Waals surface area contributed by atoms with Crippen LogP contribution in [0.25, 0.3) is 22.2 Å². The topological polar surface area (TPSA) is 73.7 Å². The van der Waals surface area contributed by atoms with E-state index < -0.39 is 0 Å². The summed E-state index contributed by atoms with van der Waals surface area (Å²) in [5, 5.41) is 14.0. The summed E-state index contributed by atoms with van der Waals surface area (Å²) in [5.41, 5.74) is 4.71. The number of hydrogen-bond donors (Lipinski definition) is 2. The fraction of sp³-hybridized carbons (Fsp3) is 0.130. The zero-order chi connectivity index (χ0) is 19.3. The van der Waals surface area contributed by atoms with Crippen molar-refractivity contribution in [3.8, 4) is 23.1 Å². The summed E-state index contributed by atoms with van der Waals surface area (Å²) < 4.78 is 5.21. The fourth-order valence-corrected chi connectivity index (χ4v) is 3.26. The fourth-order valence-electron chi connectivity index (χ4n) is 3.26. The first-order chi connectivity index (χ1) is 13.8. The molecule has 0 radical (unpaired) electrons. The zero-order valence-electron chi connectivity index (χ0n) is 15.6. The number of nitriles is 1. The van der Waals surface area contributed by atoms with E-state index in [9.17, 15) is 5.26 Å². The minimum atomic E-state index is 0.538. The number of aromatic amines is 1. The molecule has 138 valence electrons. The van der Waals surface area contributed by atoms with Gasteiger partial charge in [0.2, 0.25) is 0 Å². The first-order valence-electron chi connectivity index (χ1n) is 9.13. The summed E-state index contributed by atoms with van der Waals surface area (Å²) in [5.74, 6) is 1.41. The molecule has 5 heteroatoms. The molecule has 0 saturated heterocycles. The van der Waals surface area contributed by atoms with Crippen LogP contribution in [0.3, 0.4) is 0 Å². The Hall–Kier alpha value is -3.78. The quantitative estimate of drug-likeness (QED) is 0.514. The number of para-hydroxylation sites is 1. The van der Waals surface area contributed by atoms with Gasteiger partial charge in [-0.15, -0.1) is 0 Å². The van der Waals surface area contributed by atoms with E-state index in [0.717, 1.165) is 28.9 Å². The molecule has 0 bridgehead atoms. The van der Waals surface area contributed by atoms with Crippen LogP contribution in [0.2, 0.25) is 0 Å². The summed E-state index contributed by atoms with van der Waals surface area (Å²) >= 11 is 0. The highest BCUT2D eigenvalue weighted by atomic mass is 16.5. The van der Waals surface area contributed by atoms with Crippen molar-refractivity contribution in [3.05, 3.63) is 78.0 Å². The van der Waals surface area contributed by atoms with Gasteiger partial charge in [0.25, 0.3) is 0 Å². The smallest absolute Gasteiger partial charge is 0.144 e. The second kappa shape index (κ2) is 7.85. The molecule has 5 nitrogen and oxygen atoms in total. The van der Waals surface area contributed by atoms with E-state index in [1.165, 1.54) is 10.9 Å². The van der Waals surface area contributed by atoms with Crippen LogP contribution in [0.1, 0.15) is 11.1 Å². The van der Waals surface area contributed by atoms with Gasteiger partial charge < -0.3 is 15.0 Å². The van der Waals surface area contributed by atoms with E-state index in [1.54, 1.807) is 13.2 Å². The van der Waals surface area contributed by atoms with Gasteiger partial charge in [-0.05, 0) is 54.4 Å². The number of benzene rings is 2. The number of nitrogens with zero attached hydrogens (tertiary/aromatic N) is 2. The molecule has 0 aliphatic carbocycles. The van der Waals surface area contributed by atoms with Crippen LogP contribution in [-0.2, 0) is 6.42 Å². The molecule has 0 saturated carbocycles. The molecular weight excluding hydrogens is 348 g/mol. The third-order valence-corrected chi connectivity index (χ3v) is 4.76. The number of pyridine rings is 1. The van der Waals surface area contributed by atoms with Crippen LogP contribution < -0.4 is 10.1 Å². The normalized spacial score (nSPS) is 10.6. The molecule has 0 amide bonds. The van der Waals surface area contributed by atoms with Gasteiger partial charge in [0, 0.05) is 29.2 Å². The molecule has 0 fully saturated rings. The molecule has 4 rings (SSSR count). The van der Waals surface area contributed by atoms with Gasteiger partial charge in [-0.25, -0.2) is 4.98 Å². The third-order valence-electron chi connectivity index (χ3n) is 4.76. The summed E-state index contributed by atoms with van der Waals surface area (Å²) in [7, 11) is 1.64. The van der Waals surface area contributed by atoms with Crippen molar-refractivity contribution in [3.63, 3.8) is 0 Å². The number of rotatable bonds is 6. The number of fused-ring (bicyclic) bond motifs is 1. The Labute approximate surface area is 163 Å². The molecule has 2 N–H and O–H groups in total. The summed E-state index contributed by atoms with van der Waals surface area (Å²) in [4.78, 5) is 7.96. The highest BCUT2D eigenvalue weighted by Gasteiger charge is 2.08. The van der Waals surface area contributed by atoms with Crippen LogP contribution in [0.15, 0.2) is 66.9 Å². The van der Waals surface area contributed by atoms with E-state index in [2.05, 4.69) is 33.5 Å². The predicted molar refractivity (Wildman–Crippen MR) is 111 cm³/mol. The lowest BCUT2D eigenvalue weighted by atomic mass is 10.1. The molecule has 2 heterocycles. The monoisotopic (exact) mass is 368 g/mol. The van der Waals surface area contributed by atoms with E-state index in [-0.39, 0.29) is 0 Å². The van der Waals surface area contributed by atoms with Crippen molar-refractivity contribution in [1.29, 1.82) is 5.26 Å². The van der Waals surface area contributed by atoms with Crippen molar-refractivity contribution in [2.75, 3.05) is 19.0 Å². The highest BCUT2D eigenvalue weighted by Crippen LogP contribution is 2.24. The summed E-state index contributed by atoms with van der Waals surface area (Å²) in [6.45, 7) is 0.690. The first kappa shape index (κ1) is 17.6. The highest BCUT2D eigenvalue weighted by molar-refractivity contribution is 5.83. The van der Waals surface area contributed by atoms with Gasteiger partial charge in [-0.3, -0.25) is 0 Å². The van der Waals surface area contributed by atoms with Gasteiger partial charge >= 0.3 is 0 Å². The Morgan fingerprint density at radius 2 is 1.89 bits per heavy atom. The van der Waals surface area contributed by atoms with Crippen molar-refractivity contribution in [1.82, 2.24) is 9.97 Å². The molecule has 0 atom stereocenters. The van der Waals surface area contributed by atoms with E-state index in [0.29, 0.717) is 17.9 Å². The first-order valence-corrected chi connectivity index (χ1v) is 9.13. The van der Waals surface area contributed by atoms with Crippen LogP contribution in [0.5, 0.6) is 5.75 Å². The number of nitrogens with one attached hydrogen (secondary N) is 2. The lowest BCUT2D eigenvalue weighted by Gasteiger charge is -2.10. The lowest BCUT2D eigenvalue weighted by Crippen LogP contribution is -2.08. The lowest BCUT2D eigenvalue weighted by molar-refractivity contribution is 0.415. The molecule has 0 spiro atoms. The number of methoxy groups -OCH3 is 1. The maximum atomic E-state index is 9.42. The molecule has 2 aromatic carbocycles. The predicted octanol–water partition coefficient (Wildman–Crippen LogP) is 4.76. The molecule has 0 unspecified atom stereocenters. The molecule has 2 aromatic heterocycles. The Balaban J connectivity index is 1.52. The Kier molecular flexibility index (Phi) is 4.94. The molecule has 4 aromatic rings. The average Bonchev–Trinajstić information content (AvgIpc) is 3.17. The number of hydrogen-bond acceptors (Lipinski definition) is 4. The minimum absolute atomic E-state index is 0.538. The van der Waals surface area contributed by atoms with Crippen molar-refractivity contribution >= 4 is 16.7 Å². The van der Waals surface area contributed by atoms with Gasteiger partial charge in [-0.2, -0.15) is 5.26 Å². The molecule has 28 heavy (non-hydrogen) atoms. The molecule has 0 aliphatic heterocycles. The SMILES string of the molecule is COc1ccc(-c2ccc(C#N)c(NCCc3c[nH]c4ccccc34)n2)cc1. The van der Waals surface area contributed by atoms with Crippen LogP contribution in [0.4, 0.5) is 5.82 Å².